The molecule has 1 unspecified atom stereocenters. The van der Waals surface area contributed by atoms with Crippen LogP contribution in [0.1, 0.15) is 10.5 Å². The Morgan fingerprint density at radius 3 is 2.74 bits per heavy atom. The molecular weight excluding hydrogens is 352 g/mol. The van der Waals surface area contributed by atoms with E-state index in [2.05, 4.69) is 15.9 Å². The molecule has 1 aromatic rings. The molecule has 1 atom stereocenters. The molecule has 2 rings (SSSR count). The first kappa shape index (κ1) is 14.9. The van der Waals surface area contributed by atoms with Crippen LogP contribution in [0.4, 0.5) is 0 Å². The number of carbonyl (C=O) groups excluding carboxylic acids is 1. The van der Waals surface area contributed by atoms with Crippen molar-refractivity contribution in [2.45, 2.75) is 5.37 Å². The fourth-order valence-electron chi connectivity index (χ4n) is 2.05. The number of halogens is 1. The van der Waals surface area contributed by atoms with E-state index in [4.69, 9.17) is 0 Å². The number of thioether (sulfide) groups is 1. The largest absolute Gasteiger partial charge is 0.345 e. The summed E-state index contributed by atoms with van der Waals surface area (Å²) >= 11 is 4.88. The maximum Gasteiger partial charge on any atom is 0.271 e. The molecule has 1 aromatic heterocycles. The van der Waals surface area contributed by atoms with Gasteiger partial charge in [0.1, 0.15) is 11.1 Å². The van der Waals surface area contributed by atoms with E-state index in [0.29, 0.717) is 18.0 Å². The minimum absolute atomic E-state index is 0.232. The van der Waals surface area contributed by atoms with Crippen LogP contribution >= 0.6 is 27.7 Å². The van der Waals surface area contributed by atoms with Gasteiger partial charge in [0.05, 0.1) is 0 Å². The van der Waals surface area contributed by atoms with Crippen LogP contribution in [0.5, 0.6) is 0 Å². The average Bonchev–Trinajstić information content (AvgIpc) is 2.66. The number of sulfone groups is 1. The van der Waals surface area contributed by atoms with E-state index in [9.17, 15) is 13.2 Å². The highest BCUT2D eigenvalue weighted by Crippen LogP contribution is 2.23. The van der Waals surface area contributed by atoms with Gasteiger partial charge in [-0.3, -0.25) is 4.79 Å². The Morgan fingerprint density at radius 1 is 1.53 bits per heavy atom. The van der Waals surface area contributed by atoms with Gasteiger partial charge in [0, 0.05) is 42.0 Å². The van der Waals surface area contributed by atoms with Crippen LogP contribution in [-0.2, 0) is 16.9 Å². The van der Waals surface area contributed by atoms with Crippen LogP contribution < -0.4 is 0 Å². The highest BCUT2D eigenvalue weighted by molar-refractivity contribution is 9.10. The number of aromatic nitrogens is 1. The van der Waals surface area contributed by atoms with Gasteiger partial charge < -0.3 is 9.47 Å². The maximum atomic E-state index is 12.5. The van der Waals surface area contributed by atoms with Gasteiger partial charge >= 0.3 is 0 Å². The number of amides is 1. The third kappa shape index (κ3) is 3.17. The first-order chi connectivity index (χ1) is 8.80. The third-order valence-corrected chi connectivity index (χ3v) is 6.11. The molecular formula is C11H15BrN2O3S2. The third-order valence-electron chi connectivity index (χ3n) is 3.03. The van der Waals surface area contributed by atoms with E-state index in [1.807, 2.05) is 0 Å². The zero-order chi connectivity index (χ0) is 14.2. The molecule has 5 nitrogen and oxygen atoms in total. The Kier molecular flexibility index (Phi) is 4.32. The molecule has 0 bridgehead atoms. The summed E-state index contributed by atoms with van der Waals surface area (Å²) in [4.78, 5) is 14.0. The number of hydrogen-bond donors (Lipinski definition) is 0. The molecule has 1 aliphatic heterocycles. The molecule has 0 radical (unpaired) electrons. The average molecular weight is 367 g/mol. The Balaban J connectivity index is 2.33. The second-order valence-electron chi connectivity index (χ2n) is 4.51. The Hall–Kier alpha value is -0.470. The number of hydrogen-bond acceptors (Lipinski definition) is 4. The topological polar surface area (TPSA) is 59.4 Å². The van der Waals surface area contributed by atoms with Gasteiger partial charge in [-0.2, -0.15) is 11.8 Å². The summed E-state index contributed by atoms with van der Waals surface area (Å²) in [5.74, 6) is 0.975. The van der Waals surface area contributed by atoms with E-state index in [-0.39, 0.29) is 5.91 Å². The molecule has 0 saturated carbocycles. The van der Waals surface area contributed by atoms with Crippen molar-refractivity contribution >= 4 is 43.4 Å². The van der Waals surface area contributed by atoms with Gasteiger partial charge in [-0.05, 0) is 22.0 Å². The normalized spacial score (nSPS) is 20.6. The SMILES string of the molecule is Cn1cc(Br)cc1C(=O)N1CCSCC1S(C)(=O)=O. The van der Waals surface area contributed by atoms with Gasteiger partial charge in [-0.25, -0.2) is 8.42 Å². The predicted molar refractivity (Wildman–Crippen MR) is 80.1 cm³/mol. The van der Waals surface area contributed by atoms with Gasteiger partial charge in [-0.15, -0.1) is 0 Å². The molecule has 1 saturated heterocycles. The maximum absolute atomic E-state index is 12.5. The molecule has 1 amide bonds. The van der Waals surface area contributed by atoms with Crippen molar-refractivity contribution in [2.75, 3.05) is 24.3 Å². The van der Waals surface area contributed by atoms with Crippen molar-refractivity contribution in [1.29, 1.82) is 0 Å². The molecule has 19 heavy (non-hydrogen) atoms. The smallest absolute Gasteiger partial charge is 0.271 e. The van der Waals surface area contributed by atoms with Crippen molar-refractivity contribution in [3.8, 4) is 0 Å². The summed E-state index contributed by atoms with van der Waals surface area (Å²) in [6, 6.07) is 1.71. The quantitative estimate of drug-likeness (QED) is 0.792. The van der Waals surface area contributed by atoms with Crippen molar-refractivity contribution in [1.82, 2.24) is 9.47 Å². The highest BCUT2D eigenvalue weighted by atomic mass is 79.9. The van der Waals surface area contributed by atoms with E-state index < -0.39 is 15.2 Å². The minimum atomic E-state index is -3.27. The van der Waals surface area contributed by atoms with Gasteiger partial charge in [0.25, 0.3) is 5.91 Å². The van der Waals surface area contributed by atoms with Crippen LogP contribution in [-0.4, -0.2) is 53.5 Å². The predicted octanol–water partition coefficient (Wildman–Crippen LogP) is 1.35. The lowest BCUT2D eigenvalue weighted by atomic mass is 10.3. The lowest BCUT2D eigenvalue weighted by molar-refractivity contribution is 0.0740. The minimum Gasteiger partial charge on any atom is -0.345 e. The fourth-order valence-corrected chi connectivity index (χ4v) is 5.39. The molecule has 1 aliphatic rings. The number of nitrogens with zero attached hydrogens (tertiary/aromatic N) is 2. The van der Waals surface area contributed by atoms with Crippen LogP contribution in [0.3, 0.4) is 0 Å². The van der Waals surface area contributed by atoms with E-state index in [1.165, 1.54) is 11.2 Å². The monoisotopic (exact) mass is 366 g/mol. The zero-order valence-electron chi connectivity index (χ0n) is 10.7. The second kappa shape index (κ2) is 5.49. The molecule has 2 heterocycles. The first-order valence-electron chi connectivity index (χ1n) is 5.70. The molecule has 8 heteroatoms. The summed E-state index contributed by atoms with van der Waals surface area (Å²) in [5, 5.41) is -0.729. The number of carbonyl (C=O) groups is 1. The molecule has 0 spiro atoms. The zero-order valence-corrected chi connectivity index (χ0v) is 13.9. The van der Waals surface area contributed by atoms with Crippen molar-refractivity contribution in [3.05, 3.63) is 22.4 Å². The van der Waals surface area contributed by atoms with Gasteiger partial charge in [0.2, 0.25) is 0 Å². The van der Waals surface area contributed by atoms with E-state index in [0.717, 1.165) is 10.2 Å². The first-order valence-corrected chi connectivity index (χ1v) is 9.60. The summed E-state index contributed by atoms with van der Waals surface area (Å²) in [7, 11) is -1.50. The van der Waals surface area contributed by atoms with E-state index in [1.54, 1.807) is 35.6 Å². The summed E-state index contributed by atoms with van der Waals surface area (Å²) in [6.45, 7) is 0.462. The summed E-state index contributed by atoms with van der Waals surface area (Å²) < 4.78 is 26.1. The van der Waals surface area contributed by atoms with Crippen LogP contribution in [0.15, 0.2) is 16.7 Å². The Morgan fingerprint density at radius 2 is 2.21 bits per heavy atom. The summed E-state index contributed by atoms with van der Waals surface area (Å²) in [5.41, 5.74) is 0.493. The number of rotatable bonds is 2. The second-order valence-corrected chi connectivity index (χ2v) is 8.78. The van der Waals surface area contributed by atoms with Crippen molar-refractivity contribution < 1.29 is 13.2 Å². The molecule has 0 N–H and O–H groups in total. The van der Waals surface area contributed by atoms with Crippen molar-refractivity contribution in [2.24, 2.45) is 7.05 Å². The van der Waals surface area contributed by atoms with Crippen LogP contribution in [0, 0.1) is 0 Å². The van der Waals surface area contributed by atoms with Crippen LogP contribution in [0.2, 0.25) is 0 Å². The molecule has 1 fully saturated rings. The Bertz CT molecular complexity index is 597. The Labute approximate surface area is 125 Å². The summed E-state index contributed by atoms with van der Waals surface area (Å²) in [6.07, 6.45) is 2.96. The lowest BCUT2D eigenvalue weighted by Crippen LogP contribution is -2.50. The van der Waals surface area contributed by atoms with E-state index >= 15 is 0 Å². The van der Waals surface area contributed by atoms with Crippen LogP contribution in [0.25, 0.3) is 0 Å². The standard InChI is InChI=1S/C11H15BrN2O3S2/c1-13-6-8(12)5-9(13)11(15)14-3-4-18-7-10(14)19(2,16)17/h5-6,10H,3-4,7H2,1-2H3. The molecule has 0 aromatic carbocycles. The lowest BCUT2D eigenvalue weighted by Gasteiger charge is -2.34. The van der Waals surface area contributed by atoms with Gasteiger partial charge in [-0.1, -0.05) is 0 Å². The fraction of sp³-hybridized carbons (Fsp3) is 0.545. The number of aryl methyl sites for hydroxylation is 1. The highest BCUT2D eigenvalue weighted by Gasteiger charge is 2.35. The van der Waals surface area contributed by atoms with Crippen molar-refractivity contribution in [3.63, 3.8) is 0 Å². The molecule has 106 valence electrons. The molecule has 0 aliphatic carbocycles. The van der Waals surface area contributed by atoms with Gasteiger partial charge in [0.15, 0.2) is 9.84 Å².